The SMILES string of the molecule is CC1CN(S(=O)(=O)c2cc(Br)cs2)CCN1. The molecule has 2 rings (SSSR count). The van der Waals surface area contributed by atoms with E-state index in [9.17, 15) is 8.42 Å². The lowest BCUT2D eigenvalue weighted by atomic mass is 10.3. The fourth-order valence-corrected chi connectivity index (χ4v) is 5.21. The van der Waals surface area contributed by atoms with Gasteiger partial charge in [-0.25, -0.2) is 8.42 Å². The van der Waals surface area contributed by atoms with Crippen LogP contribution in [0.15, 0.2) is 20.1 Å². The number of nitrogens with one attached hydrogen (secondary N) is 1. The standard InChI is InChI=1S/C9H13BrN2O2S2/c1-7-5-12(3-2-11-7)16(13,14)9-4-8(10)6-15-9/h4,6-7,11H,2-3,5H2,1H3. The summed E-state index contributed by atoms with van der Waals surface area (Å²) < 4.78 is 27.2. The lowest BCUT2D eigenvalue weighted by molar-refractivity contribution is 0.311. The van der Waals surface area contributed by atoms with Crippen LogP contribution in [0.1, 0.15) is 6.92 Å². The van der Waals surface area contributed by atoms with Crippen LogP contribution in [0.5, 0.6) is 0 Å². The quantitative estimate of drug-likeness (QED) is 0.896. The number of halogens is 1. The third-order valence-electron chi connectivity index (χ3n) is 2.47. The van der Waals surface area contributed by atoms with Gasteiger partial charge in [0.05, 0.1) is 0 Å². The zero-order valence-electron chi connectivity index (χ0n) is 8.81. The van der Waals surface area contributed by atoms with Gasteiger partial charge in [0, 0.05) is 35.5 Å². The van der Waals surface area contributed by atoms with Crippen molar-refractivity contribution in [2.45, 2.75) is 17.2 Å². The van der Waals surface area contributed by atoms with E-state index in [2.05, 4.69) is 21.2 Å². The van der Waals surface area contributed by atoms with Gasteiger partial charge in [-0.15, -0.1) is 11.3 Å². The number of hydrogen-bond donors (Lipinski definition) is 1. The Morgan fingerprint density at radius 1 is 1.62 bits per heavy atom. The summed E-state index contributed by atoms with van der Waals surface area (Å²) >= 11 is 4.53. The predicted octanol–water partition coefficient (Wildman–Crippen LogP) is 1.49. The van der Waals surface area contributed by atoms with E-state index >= 15 is 0 Å². The number of sulfonamides is 1. The van der Waals surface area contributed by atoms with E-state index in [0.717, 1.165) is 4.47 Å². The molecule has 0 aromatic carbocycles. The van der Waals surface area contributed by atoms with E-state index in [1.54, 1.807) is 15.8 Å². The molecule has 16 heavy (non-hydrogen) atoms. The molecule has 2 heterocycles. The summed E-state index contributed by atoms with van der Waals surface area (Å²) in [5.74, 6) is 0. The Bertz CT molecular complexity index is 472. The summed E-state index contributed by atoms with van der Waals surface area (Å²) in [5.41, 5.74) is 0. The number of thiophene rings is 1. The summed E-state index contributed by atoms with van der Waals surface area (Å²) in [4.78, 5) is 0. The van der Waals surface area contributed by atoms with Crippen molar-refractivity contribution in [3.63, 3.8) is 0 Å². The van der Waals surface area contributed by atoms with Crippen molar-refractivity contribution in [2.24, 2.45) is 0 Å². The van der Waals surface area contributed by atoms with Crippen LogP contribution in [-0.4, -0.2) is 38.4 Å². The number of hydrogen-bond acceptors (Lipinski definition) is 4. The second-order valence-electron chi connectivity index (χ2n) is 3.80. The van der Waals surface area contributed by atoms with Crippen molar-refractivity contribution in [1.82, 2.24) is 9.62 Å². The molecule has 1 saturated heterocycles. The van der Waals surface area contributed by atoms with E-state index in [-0.39, 0.29) is 6.04 Å². The zero-order chi connectivity index (χ0) is 11.8. The predicted molar refractivity (Wildman–Crippen MR) is 68.2 cm³/mol. The van der Waals surface area contributed by atoms with Gasteiger partial charge in [-0.05, 0) is 28.9 Å². The van der Waals surface area contributed by atoms with Gasteiger partial charge in [-0.2, -0.15) is 4.31 Å². The van der Waals surface area contributed by atoms with Crippen molar-refractivity contribution in [2.75, 3.05) is 19.6 Å². The zero-order valence-corrected chi connectivity index (χ0v) is 12.0. The summed E-state index contributed by atoms with van der Waals surface area (Å²) in [6.45, 7) is 3.79. The van der Waals surface area contributed by atoms with E-state index in [0.29, 0.717) is 23.8 Å². The Hall–Kier alpha value is 0.0500. The molecule has 4 nitrogen and oxygen atoms in total. The van der Waals surface area contributed by atoms with Crippen LogP contribution in [0, 0.1) is 0 Å². The molecule has 1 aliphatic heterocycles. The molecule has 0 saturated carbocycles. The van der Waals surface area contributed by atoms with E-state index in [1.807, 2.05) is 6.92 Å². The van der Waals surface area contributed by atoms with Gasteiger partial charge in [-0.3, -0.25) is 0 Å². The van der Waals surface area contributed by atoms with Gasteiger partial charge in [0.25, 0.3) is 10.0 Å². The van der Waals surface area contributed by atoms with Crippen LogP contribution in [0.2, 0.25) is 0 Å². The van der Waals surface area contributed by atoms with Crippen LogP contribution in [0.25, 0.3) is 0 Å². The third-order valence-corrected chi connectivity index (χ3v) is 6.51. The monoisotopic (exact) mass is 324 g/mol. The first-order chi connectivity index (χ1) is 7.50. The average Bonchev–Trinajstić information content (AvgIpc) is 2.65. The van der Waals surface area contributed by atoms with Crippen molar-refractivity contribution in [1.29, 1.82) is 0 Å². The fraction of sp³-hybridized carbons (Fsp3) is 0.556. The van der Waals surface area contributed by atoms with Crippen LogP contribution in [0.4, 0.5) is 0 Å². The molecule has 7 heteroatoms. The number of rotatable bonds is 2. The highest BCUT2D eigenvalue weighted by Crippen LogP contribution is 2.27. The van der Waals surface area contributed by atoms with E-state index in [1.165, 1.54) is 11.3 Å². The molecule has 1 N–H and O–H groups in total. The lowest BCUT2D eigenvalue weighted by Gasteiger charge is -2.30. The van der Waals surface area contributed by atoms with Crippen molar-refractivity contribution in [3.05, 3.63) is 15.9 Å². The molecule has 1 aliphatic rings. The summed E-state index contributed by atoms with van der Waals surface area (Å²) in [7, 11) is -3.29. The van der Waals surface area contributed by atoms with Crippen molar-refractivity contribution in [3.8, 4) is 0 Å². The molecule has 1 unspecified atom stereocenters. The summed E-state index contributed by atoms with van der Waals surface area (Å²) in [6.07, 6.45) is 0. The maximum atomic E-state index is 12.2. The Morgan fingerprint density at radius 2 is 2.38 bits per heavy atom. The second kappa shape index (κ2) is 4.73. The maximum absolute atomic E-state index is 12.2. The summed E-state index contributed by atoms with van der Waals surface area (Å²) in [6, 6.07) is 1.87. The van der Waals surface area contributed by atoms with Crippen LogP contribution < -0.4 is 5.32 Å². The minimum absolute atomic E-state index is 0.215. The molecular weight excluding hydrogens is 312 g/mol. The molecule has 0 bridgehead atoms. The smallest absolute Gasteiger partial charge is 0.252 e. The molecule has 1 fully saturated rings. The minimum Gasteiger partial charge on any atom is -0.312 e. The van der Waals surface area contributed by atoms with Crippen molar-refractivity contribution >= 4 is 37.3 Å². The average molecular weight is 325 g/mol. The molecule has 0 amide bonds. The molecule has 0 radical (unpaired) electrons. The molecule has 0 spiro atoms. The van der Waals surface area contributed by atoms with Crippen LogP contribution in [0.3, 0.4) is 0 Å². The van der Waals surface area contributed by atoms with Crippen LogP contribution in [-0.2, 0) is 10.0 Å². The van der Waals surface area contributed by atoms with Gasteiger partial charge >= 0.3 is 0 Å². The van der Waals surface area contributed by atoms with Gasteiger partial charge < -0.3 is 5.32 Å². The van der Waals surface area contributed by atoms with E-state index < -0.39 is 10.0 Å². The van der Waals surface area contributed by atoms with Gasteiger partial charge in [0.1, 0.15) is 4.21 Å². The molecule has 0 aliphatic carbocycles. The highest BCUT2D eigenvalue weighted by molar-refractivity contribution is 9.10. The maximum Gasteiger partial charge on any atom is 0.252 e. The Balaban J connectivity index is 2.25. The lowest BCUT2D eigenvalue weighted by Crippen LogP contribution is -2.51. The van der Waals surface area contributed by atoms with Gasteiger partial charge in [-0.1, -0.05) is 0 Å². The molecule has 90 valence electrons. The van der Waals surface area contributed by atoms with Crippen LogP contribution >= 0.6 is 27.3 Å². The first-order valence-electron chi connectivity index (χ1n) is 4.98. The number of piperazine rings is 1. The molecule has 1 aromatic heterocycles. The largest absolute Gasteiger partial charge is 0.312 e. The van der Waals surface area contributed by atoms with Crippen molar-refractivity contribution < 1.29 is 8.42 Å². The number of nitrogens with zero attached hydrogens (tertiary/aromatic N) is 1. The minimum atomic E-state index is -3.29. The van der Waals surface area contributed by atoms with Gasteiger partial charge in [0.2, 0.25) is 0 Å². The Labute approximate surface area is 108 Å². The Morgan fingerprint density at radius 3 is 2.94 bits per heavy atom. The second-order valence-corrected chi connectivity index (χ2v) is 7.79. The molecule has 1 atom stereocenters. The highest BCUT2D eigenvalue weighted by atomic mass is 79.9. The summed E-state index contributed by atoms with van der Waals surface area (Å²) in [5, 5.41) is 5.02. The third kappa shape index (κ3) is 2.48. The Kier molecular flexibility index (Phi) is 3.70. The molecule has 1 aromatic rings. The molecular formula is C9H13BrN2O2S2. The normalized spacial score (nSPS) is 23.5. The van der Waals surface area contributed by atoms with Gasteiger partial charge in [0.15, 0.2) is 0 Å². The first kappa shape index (κ1) is 12.5. The highest BCUT2D eigenvalue weighted by Gasteiger charge is 2.29. The topological polar surface area (TPSA) is 49.4 Å². The fourth-order valence-electron chi connectivity index (χ4n) is 1.67. The van der Waals surface area contributed by atoms with E-state index in [4.69, 9.17) is 0 Å². The first-order valence-corrected chi connectivity index (χ1v) is 8.09.